The van der Waals surface area contributed by atoms with Crippen LogP contribution in [0, 0.1) is 5.92 Å². The Kier molecular flexibility index (Phi) is 34.1. The van der Waals surface area contributed by atoms with Gasteiger partial charge in [-0.15, -0.1) is 0 Å². The van der Waals surface area contributed by atoms with Gasteiger partial charge in [-0.3, -0.25) is 43.2 Å². The van der Waals surface area contributed by atoms with Crippen LogP contribution in [-0.4, -0.2) is 314 Å². The zero-order chi connectivity index (χ0) is 99.1. The summed E-state index contributed by atoms with van der Waals surface area (Å²) in [4.78, 5) is 135. The molecule has 29 N–H and O–H groups in total. The van der Waals surface area contributed by atoms with E-state index in [1.165, 1.54) is 19.2 Å². The van der Waals surface area contributed by atoms with Gasteiger partial charge in [0.1, 0.15) is 145 Å². The molecule has 48 heteroatoms. The zero-order valence-corrected chi connectivity index (χ0v) is 75.3. The molecule has 3 saturated heterocycles. The third-order valence-electron chi connectivity index (χ3n) is 24.1. The van der Waals surface area contributed by atoms with Gasteiger partial charge in [-0.2, -0.15) is 0 Å². The highest BCUT2D eigenvalue weighted by Crippen LogP contribution is 2.50. The van der Waals surface area contributed by atoms with Crippen LogP contribution in [0.4, 0.5) is 0 Å². The molecule has 9 amide bonds. The summed E-state index contributed by atoms with van der Waals surface area (Å²) in [7, 11) is 3.28. The lowest BCUT2D eigenvalue weighted by Crippen LogP contribution is -2.65. The minimum atomic E-state index is -2.54. The second-order valence-corrected chi connectivity index (χ2v) is 35.2. The third-order valence-corrected chi connectivity index (χ3v) is 24.7. The molecule has 3 fully saturated rings. The number of phenols is 3. The van der Waals surface area contributed by atoms with Gasteiger partial charge in [0, 0.05) is 60.9 Å². The highest BCUT2D eigenvalue weighted by atomic mass is 35.5. The van der Waals surface area contributed by atoms with Crippen molar-refractivity contribution in [3.05, 3.63) is 147 Å². The van der Waals surface area contributed by atoms with E-state index in [1.807, 2.05) is 36.1 Å². The molecule has 0 radical (unpaired) electrons. The summed E-state index contributed by atoms with van der Waals surface area (Å²) in [6.07, 6.45) is -34.8. The van der Waals surface area contributed by atoms with Crippen molar-refractivity contribution in [1.82, 2.24) is 53.2 Å². The number of hydrogen-bond acceptors (Lipinski definition) is 36. The first-order valence-corrected chi connectivity index (χ1v) is 44.0. The maximum Gasteiger partial charge on any atom is 0.251 e. The smallest absolute Gasteiger partial charge is 0.251 e. The molecule has 9 heterocycles. The number of fused-ring (bicyclic) bond motifs is 15. The third kappa shape index (κ3) is 23.5. The van der Waals surface area contributed by atoms with E-state index in [2.05, 4.69) is 53.2 Å². The minimum absolute atomic E-state index is 0.141. The Hall–Kier alpha value is -11.0. The van der Waals surface area contributed by atoms with Crippen molar-refractivity contribution in [1.29, 1.82) is 0 Å². The predicted molar refractivity (Wildman–Crippen MR) is 466 cm³/mol. The molecule has 5 aromatic carbocycles. The molecule has 1 aromatic heterocycles. The number of aliphatic hydroxyl groups excluding tert-OH is 14. The van der Waals surface area contributed by atoms with E-state index in [-0.39, 0.29) is 48.6 Å². The van der Waals surface area contributed by atoms with E-state index < -0.39 is 335 Å². The van der Waals surface area contributed by atoms with Crippen LogP contribution in [0.3, 0.4) is 0 Å². The molecule has 8 aliphatic heterocycles. The van der Waals surface area contributed by atoms with E-state index in [4.69, 9.17) is 66.8 Å². The maximum absolute atomic E-state index is 16.5. The summed E-state index contributed by atoms with van der Waals surface area (Å²) < 4.78 is 52.0. The van der Waals surface area contributed by atoms with Gasteiger partial charge in [0.2, 0.25) is 59.3 Å². The van der Waals surface area contributed by atoms with Gasteiger partial charge in [0.15, 0.2) is 48.7 Å². The van der Waals surface area contributed by atoms with Gasteiger partial charge in [0.05, 0.1) is 54.5 Å². The van der Waals surface area contributed by atoms with Crippen molar-refractivity contribution >= 4 is 76.4 Å². The lowest BCUT2D eigenvalue weighted by atomic mass is 9.84. The molecule has 8 aliphatic rings. The highest BCUT2D eigenvalue weighted by Gasteiger charge is 2.54. The van der Waals surface area contributed by atoms with Crippen LogP contribution in [0.25, 0.3) is 11.1 Å². The number of hydrogen-bond donors (Lipinski definition) is 28. The Labute approximate surface area is 785 Å². The number of aryl methyl sites for hydroxylation is 1. The molecule has 0 aliphatic carbocycles. The Balaban J connectivity index is 0.972. The molecule has 27 atom stereocenters. The summed E-state index contributed by atoms with van der Waals surface area (Å²) in [6, 6.07) is 2.29. The SMILES string of the molecule is CN[C@H](CC(C)C)C(=O)N[C@H]1C(=O)N[C@@H](CC(N)=O)C(=O)N[C@H]2C(=O)N[C@H]3C(=O)N[C@H](C(=O)N[C@H](C(=O)NCCCNC(=O)[C@H](O)[C@@H](O)[C@H](OC4OC(CO)C(O)C(O)C4O)[C@H](O)CO)c4cc(O)cc(O)c4-c4cc3ccc4O)[C@H](O)c3ccc(c(Cl)c3)Oc3cc2cc(c3O[C@H]2O[C@H](CO)[C@H](O)C(O)C2O[C@H]2C[C@@](C)(NCc3cc[n+](C)cc3)[C@@H](O)C(C)O2)Oc2ccc(cc2Cl)[C@H]1O. The number of primary amides is 1. The number of aromatic hydroxyl groups is 3. The first-order valence-electron chi connectivity index (χ1n) is 43.2. The first kappa shape index (κ1) is 104. The van der Waals surface area contributed by atoms with Crippen molar-refractivity contribution in [3.63, 3.8) is 0 Å². The van der Waals surface area contributed by atoms with Gasteiger partial charge < -0.3 is 184 Å². The zero-order valence-electron chi connectivity index (χ0n) is 73.8. The summed E-state index contributed by atoms with van der Waals surface area (Å²) in [5.41, 5.74) is 2.21. The highest BCUT2D eigenvalue weighted by molar-refractivity contribution is 6.32. The summed E-state index contributed by atoms with van der Waals surface area (Å²) >= 11 is 14.4. The van der Waals surface area contributed by atoms with Crippen molar-refractivity contribution in [2.24, 2.45) is 18.7 Å². The van der Waals surface area contributed by atoms with Gasteiger partial charge >= 0.3 is 0 Å². The molecule has 0 spiro atoms. The lowest BCUT2D eigenvalue weighted by molar-refractivity contribution is -0.671. The van der Waals surface area contributed by atoms with Gasteiger partial charge in [0.25, 0.3) is 5.91 Å². The topological polar surface area (TPSA) is 722 Å². The Morgan fingerprint density at radius 1 is 0.640 bits per heavy atom. The molecule has 46 nitrogen and oxygen atoms in total. The number of amides is 9. The number of nitrogens with one attached hydrogen (secondary N) is 10. The Morgan fingerprint density at radius 3 is 1.85 bits per heavy atom. The predicted octanol–water partition coefficient (Wildman–Crippen LogP) is -5.44. The van der Waals surface area contributed by atoms with Crippen LogP contribution in [0.1, 0.15) is 117 Å². The number of rotatable bonds is 28. The number of pyridine rings is 1. The molecular formula is C88H111Cl2N12O34+. The van der Waals surface area contributed by atoms with Crippen LogP contribution >= 0.6 is 23.2 Å². The van der Waals surface area contributed by atoms with Crippen LogP contribution < -0.4 is 77.7 Å². The molecule has 14 rings (SSSR count). The van der Waals surface area contributed by atoms with Crippen LogP contribution in [-0.2, 0) is 80.4 Å². The lowest BCUT2D eigenvalue weighted by Gasteiger charge is -2.48. The van der Waals surface area contributed by atoms with E-state index in [0.29, 0.717) is 0 Å². The molecule has 8 unspecified atom stereocenters. The van der Waals surface area contributed by atoms with Crippen LogP contribution in [0.2, 0.25) is 10.0 Å². The number of nitrogens with zero attached hydrogens (tertiary/aromatic N) is 1. The van der Waals surface area contributed by atoms with Gasteiger partial charge in [-0.05, 0) is 128 Å². The molecule has 0 saturated carbocycles. The number of carbonyl (C=O) groups is 9. The Bertz CT molecular complexity index is 5350. The van der Waals surface area contributed by atoms with E-state index in [0.717, 1.165) is 72.3 Å². The molecule has 740 valence electrons. The van der Waals surface area contributed by atoms with E-state index in [1.54, 1.807) is 27.7 Å². The maximum atomic E-state index is 16.5. The number of halogens is 2. The molecule has 11 bridgehead atoms. The average molecular weight is 1950 g/mol. The minimum Gasteiger partial charge on any atom is -0.508 e. The molecule has 6 aromatic rings. The fraction of sp³-hybridized carbons (Fsp3) is 0.500. The quantitative estimate of drug-likeness (QED) is 0.0161. The molecular weight excluding hydrogens is 1840 g/mol. The van der Waals surface area contributed by atoms with Gasteiger partial charge in [-0.25, -0.2) is 4.57 Å². The first-order chi connectivity index (χ1) is 64.4. The average Bonchev–Trinajstić information content (AvgIpc) is 0.763. The fourth-order valence-electron chi connectivity index (χ4n) is 16.5. The van der Waals surface area contributed by atoms with E-state index >= 15 is 28.8 Å². The number of ether oxygens (including phenoxy) is 8. The van der Waals surface area contributed by atoms with Crippen molar-refractivity contribution in [3.8, 4) is 57.1 Å². The number of aliphatic hydroxyl groups is 14. The second-order valence-electron chi connectivity index (χ2n) is 34.4. The number of carbonyl (C=O) groups excluding carboxylic acids is 9. The standard InChI is InChI=1S/C88H110Cl2N12O34/c1-34(2)20-46(92-5)78(121)100-63-65(111)38-9-12-51(44(89)22-38)130-53-24-40-25-54(75(53)136-87-76(70(116)68(114)56(33-105)133-87)134-58-29-88(4,77(120)35(3)129-58)95-30-36-14-18-102(6)19-15-36)131-52-13-10-39(23-45(52)90)66(112)64-84(127)99-62(80(123)93-16-7-17-94-85(128)72(118)71(117)74(50(109)31-103)135-86-73(119)69(115)67(113)55(32-104)132-86)43-26-41(106)27-49(108)59(43)42-21-37(8-11-48(42)107)60(81(124)101-64)98-82(125)61(40)97-79(122)47(28-57(91)110)96-83(63)126/h8-15,18-19,21-27,34-35,46-47,50,55-56,58,60-74,76-77,86-87,92,95,103-105,109,111-120H,7,16-17,20,28-33H2,1-6H3,(H12-,91,93,94,96,97,98,99,100,101,106,107,108,110,121,122,123,124,125,126,127,128)/p+1/t35?,46-,47+,50-,55?,56-,58+,60-,61-,62+,63-,64+,65-,66-,67?,68+,69?,70?,71-,72-,73?,74-,76?,77+,86?,87-,88-/m1/s1. The fourth-order valence-corrected chi connectivity index (χ4v) is 17.0. The largest absolute Gasteiger partial charge is 0.508 e. The summed E-state index contributed by atoms with van der Waals surface area (Å²) in [5, 5.41) is 216. The summed E-state index contributed by atoms with van der Waals surface area (Å²) in [6.45, 7) is 2.89. The number of aromatic nitrogens is 1. The summed E-state index contributed by atoms with van der Waals surface area (Å²) in [5.74, 6) is -17.6. The Morgan fingerprint density at radius 2 is 1.24 bits per heavy atom. The molecule has 136 heavy (non-hydrogen) atoms. The van der Waals surface area contributed by atoms with Crippen molar-refractivity contribution in [2.75, 3.05) is 40.0 Å². The number of benzene rings is 5. The van der Waals surface area contributed by atoms with E-state index in [9.17, 15) is 101 Å². The van der Waals surface area contributed by atoms with Crippen LogP contribution in [0.5, 0.6) is 46.0 Å². The number of nitrogens with two attached hydrogens (primary N) is 1. The number of likely N-dealkylation sites (N-methyl/N-ethyl adjacent to an activating group) is 1. The van der Waals surface area contributed by atoms with Crippen molar-refractivity contribution in [2.45, 2.75) is 224 Å². The monoisotopic (exact) mass is 1950 g/mol. The van der Waals surface area contributed by atoms with Gasteiger partial charge in [-0.1, -0.05) is 55.2 Å². The normalized spacial score (nSPS) is 29.2. The van der Waals surface area contributed by atoms with Crippen molar-refractivity contribution < 1.29 is 172 Å². The number of phenolic OH excluding ortho intramolecular Hbond substituents is 3. The van der Waals surface area contributed by atoms with Crippen LogP contribution in [0.15, 0.2) is 103 Å². The second kappa shape index (κ2) is 44.7.